The van der Waals surface area contributed by atoms with Gasteiger partial charge in [-0.05, 0) is 37.4 Å². The van der Waals surface area contributed by atoms with Crippen molar-refractivity contribution in [1.82, 2.24) is 9.97 Å². The third-order valence-electron chi connectivity index (χ3n) is 4.22. The van der Waals surface area contributed by atoms with Gasteiger partial charge in [0, 0.05) is 19.2 Å². The fraction of sp³-hybridized carbons (Fsp3) is 0.692. The van der Waals surface area contributed by atoms with E-state index >= 15 is 0 Å². The number of hydrogen-bond acceptors (Lipinski definition) is 5. The van der Waals surface area contributed by atoms with Gasteiger partial charge in [0.1, 0.15) is 11.6 Å². The predicted octanol–water partition coefficient (Wildman–Crippen LogP) is 2.84. The van der Waals surface area contributed by atoms with E-state index in [1.54, 1.807) is 11.8 Å². The lowest BCUT2D eigenvalue weighted by atomic mass is 9.95. The van der Waals surface area contributed by atoms with Crippen molar-refractivity contribution in [3.63, 3.8) is 0 Å². The minimum Gasteiger partial charge on any atom is -0.373 e. The molecule has 1 aromatic heterocycles. The zero-order valence-electron chi connectivity index (χ0n) is 10.9. The Morgan fingerprint density at radius 1 is 1.22 bits per heavy atom. The monoisotopic (exact) mass is 264 g/mol. The van der Waals surface area contributed by atoms with E-state index in [4.69, 9.17) is 0 Å². The van der Waals surface area contributed by atoms with Gasteiger partial charge in [0.05, 0.1) is 0 Å². The second-order valence-electron chi connectivity index (χ2n) is 5.30. The van der Waals surface area contributed by atoms with Crippen LogP contribution >= 0.6 is 11.8 Å². The fourth-order valence-corrected chi connectivity index (χ4v) is 3.71. The van der Waals surface area contributed by atoms with Crippen molar-refractivity contribution in [1.29, 1.82) is 0 Å². The molecule has 2 saturated carbocycles. The van der Waals surface area contributed by atoms with Crippen LogP contribution < -0.4 is 10.6 Å². The molecule has 1 heterocycles. The lowest BCUT2D eigenvalue weighted by molar-refractivity contribution is 0.438. The molecular weight excluding hydrogens is 244 g/mol. The van der Waals surface area contributed by atoms with Crippen molar-refractivity contribution in [2.24, 2.45) is 11.8 Å². The van der Waals surface area contributed by atoms with E-state index in [9.17, 15) is 0 Å². The van der Waals surface area contributed by atoms with E-state index in [0.717, 1.165) is 28.6 Å². The molecule has 2 N–H and O–H groups in total. The Hall–Kier alpha value is -0.970. The molecule has 4 nitrogen and oxygen atoms in total. The zero-order valence-corrected chi connectivity index (χ0v) is 11.8. The summed E-state index contributed by atoms with van der Waals surface area (Å²) in [5.41, 5.74) is 0. The van der Waals surface area contributed by atoms with Crippen molar-refractivity contribution in [3.05, 3.63) is 6.07 Å². The van der Waals surface area contributed by atoms with Gasteiger partial charge in [-0.25, -0.2) is 9.97 Å². The van der Waals surface area contributed by atoms with Crippen molar-refractivity contribution < 1.29 is 0 Å². The Labute approximate surface area is 112 Å². The SMILES string of the molecule is CNc1cc(NC2CC3CCC2C3)nc(SC)n1. The number of hydrogen-bond donors (Lipinski definition) is 2. The number of nitrogens with zero attached hydrogens (tertiary/aromatic N) is 2. The van der Waals surface area contributed by atoms with Gasteiger partial charge in [0.15, 0.2) is 5.16 Å². The quantitative estimate of drug-likeness (QED) is 0.647. The number of thioether (sulfide) groups is 1. The summed E-state index contributed by atoms with van der Waals surface area (Å²) in [4.78, 5) is 8.94. The topological polar surface area (TPSA) is 49.8 Å². The summed E-state index contributed by atoms with van der Waals surface area (Å²) >= 11 is 1.58. The first-order valence-corrected chi connectivity index (χ1v) is 7.88. The fourth-order valence-electron chi connectivity index (χ4n) is 3.33. The highest BCUT2D eigenvalue weighted by molar-refractivity contribution is 7.98. The molecule has 18 heavy (non-hydrogen) atoms. The number of rotatable bonds is 4. The molecule has 0 amide bonds. The molecule has 0 aliphatic heterocycles. The second-order valence-corrected chi connectivity index (χ2v) is 6.07. The van der Waals surface area contributed by atoms with E-state index in [0.29, 0.717) is 6.04 Å². The molecule has 2 aliphatic carbocycles. The molecule has 3 unspecified atom stereocenters. The summed E-state index contributed by atoms with van der Waals surface area (Å²) in [6.07, 6.45) is 7.57. The van der Waals surface area contributed by atoms with E-state index < -0.39 is 0 Å². The predicted molar refractivity (Wildman–Crippen MR) is 76.2 cm³/mol. The molecule has 3 atom stereocenters. The molecule has 3 rings (SSSR count). The Morgan fingerprint density at radius 3 is 2.67 bits per heavy atom. The molecule has 98 valence electrons. The highest BCUT2D eigenvalue weighted by Crippen LogP contribution is 2.45. The van der Waals surface area contributed by atoms with E-state index in [2.05, 4.69) is 20.6 Å². The van der Waals surface area contributed by atoms with Crippen LogP contribution in [0.4, 0.5) is 11.6 Å². The van der Waals surface area contributed by atoms with E-state index in [1.165, 1.54) is 25.7 Å². The molecule has 2 aliphatic rings. The molecule has 5 heteroatoms. The van der Waals surface area contributed by atoms with Crippen LogP contribution in [-0.4, -0.2) is 29.3 Å². The van der Waals surface area contributed by atoms with Gasteiger partial charge in [-0.2, -0.15) is 0 Å². The van der Waals surface area contributed by atoms with Crippen LogP contribution in [-0.2, 0) is 0 Å². The Kier molecular flexibility index (Phi) is 3.33. The van der Waals surface area contributed by atoms with Crippen LogP contribution in [0, 0.1) is 11.8 Å². The Balaban J connectivity index is 1.75. The first-order chi connectivity index (χ1) is 8.78. The summed E-state index contributed by atoms with van der Waals surface area (Å²) in [5.74, 6) is 3.68. The standard InChI is InChI=1S/C13H20N4S/c1-14-11-7-12(17-13(16-11)18-2)15-10-6-8-3-4-9(10)5-8/h7-10H,3-6H2,1-2H3,(H2,14,15,16,17). The van der Waals surface area contributed by atoms with Crippen LogP contribution in [0.2, 0.25) is 0 Å². The average molecular weight is 264 g/mol. The number of nitrogens with one attached hydrogen (secondary N) is 2. The smallest absolute Gasteiger partial charge is 0.191 e. The number of aromatic nitrogens is 2. The third kappa shape index (κ3) is 2.28. The highest BCUT2D eigenvalue weighted by Gasteiger charge is 2.39. The van der Waals surface area contributed by atoms with E-state index in [1.807, 2.05) is 19.4 Å². The van der Waals surface area contributed by atoms with Crippen molar-refractivity contribution in [3.8, 4) is 0 Å². The van der Waals surface area contributed by atoms with Gasteiger partial charge in [-0.1, -0.05) is 18.2 Å². The molecule has 0 aromatic carbocycles. The van der Waals surface area contributed by atoms with Crippen LogP contribution in [0.5, 0.6) is 0 Å². The summed E-state index contributed by atoms with van der Waals surface area (Å²) in [6, 6.07) is 2.63. The van der Waals surface area contributed by atoms with Gasteiger partial charge in [0.2, 0.25) is 0 Å². The Morgan fingerprint density at radius 2 is 2.06 bits per heavy atom. The maximum absolute atomic E-state index is 4.55. The molecule has 1 aromatic rings. The lowest BCUT2D eigenvalue weighted by Gasteiger charge is -2.23. The van der Waals surface area contributed by atoms with Gasteiger partial charge in [-0.15, -0.1) is 0 Å². The Bertz CT molecular complexity index is 415. The second kappa shape index (κ2) is 4.96. The van der Waals surface area contributed by atoms with Crippen LogP contribution in [0.25, 0.3) is 0 Å². The average Bonchev–Trinajstić information content (AvgIpc) is 3.00. The summed E-state index contributed by atoms with van der Waals surface area (Å²) < 4.78 is 0. The van der Waals surface area contributed by atoms with E-state index in [-0.39, 0.29) is 0 Å². The number of fused-ring (bicyclic) bond motifs is 2. The minimum absolute atomic E-state index is 0.623. The summed E-state index contributed by atoms with van der Waals surface area (Å²) in [7, 11) is 1.90. The van der Waals surface area contributed by atoms with Gasteiger partial charge in [-0.3, -0.25) is 0 Å². The molecule has 0 saturated heterocycles. The maximum atomic E-state index is 4.55. The lowest BCUT2D eigenvalue weighted by Crippen LogP contribution is -2.26. The van der Waals surface area contributed by atoms with Crippen LogP contribution in [0.3, 0.4) is 0 Å². The van der Waals surface area contributed by atoms with Gasteiger partial charge >= 0.3 is 0 Å². The minimum atomic E-state index is 0.623. The molecule has 0 radical (unpaired) electrons. The summed E-state index contributed by atoms with van der Waals surface area (Å²) in [6.45, 7) is 0. The summed E-state index contributed by atoms with van der Waals surface area (Å²) in [5, 5.41) is 7.54. The van der Waals surface area contributed by atoms with Crippen LogP contribution in [0.15, 0.2) is 11.2 Å². The first kappa shape index (κ1) is 12.1. The molecular formula is C13H20N4S. The zero-order chi connectivity index (χ0) is 12.5. The van der Waals surface area contributed by atoms with Crippen molar-refractivity contribution >= 4 is 23.4 Å². The molecule has 0 spiro atoms. The maximum Gasteiger partial charge on any atom is 0.191 e. The van der Waals surface area contributed by atoms with Crippen molar-refractivity contribution in [2.75, 3.05) is 23.9 Å². The first-order valence-electron chi connectivity index (χ1n) is 6.66. The highest BCUT2D eigenvalue weighted by atomic mass is 32.2. The van der Waals surface area contributed by atoms with Crippen LogP contribution in [0.1, 0.15) is 25.7 Å². The molecule has 2 bridgehead atoms. The number of anilines is 2. The molecule has 2 fully saturated rings. The largest absolute Gasteiger partial charge is 0.373 e. The normalized spacial score (nSPS) is 29.6. The van der Waals surface area contributed by atoms with Gasteiger partial charge < -0.3 is 10.6 Å². The van der Waals surface area contributed by atoms with Crippen molar-refractivity contribution in [2.45, 2.75) is 36.9 Å². The third-order valence-corrected chi connectivity index (χ3v) is 4.76. The van der Waals surface area contributed by atoms with Gasteiger partial charge in [0.25, 0.3) is 0 Å².